The van der Waals surface area contributed by atoms with Gasteiger partial charge in [0, 0.05) is 10.9 Å². The summed E-state index contributed by atoms with van der Waals surface area (Å²) in [5.41, 5.74) is 6.61. The zero-order chi connectivity index (χ0) is 11.3. The lowest BCUT2D eigenvalue weighted by atomic mass is 10.1. The largest absolute Gasteiger partial charge is 0.481 e. The van der Waals surface area contributed by atoms with Crippen molar-refractivity contribution in [2.45, 2.75) is 24.3 Å². The Hall–Kier alpha value is -1.00. The van der Waals surface area contributed by atoms with Crippen molar-refractivity contribution >= 4 is 17.7 Å². The van der Waals surface area contributed by atoms with Crippen LogP contribution < -0.4 is 5.73 Å². The Kier molecular flexibility index (Phi) is 4.65. The van der Waals surface area contributed by atoms with Gasteiger partial charge >= 0.3 is 5.97 Å². The number of hydrogen-bond acceptors (Lipinski definition) is 3. The van der Waals surface area contributed by atoms with Gasteiger partial charge in [-0.15, -0.1) is 11.8 Å². The highest BCUT2D eigenvalue weighted by Crippen LogP contribution is 2.21. The van der Waals surface area contributed by atoms with Gasteiger partial charge in [0.05, 0.1) is 6.42 Å². The summed E-state index contributed by atoms with van der Waals surface area (Å²) in [7, 11) is 0. The molecule has 82 valence electrons. The second kappa shape index (κ2) is 5.78. The van der Waals surface area contributed by atoms with E-state index in [0.717, 1.165) is 11.3 Å². The van der Waals surface area contributed by atoms with E-state index < -0.39 is 12.0 Å². The number of nitrogens with two attached hydrogens (primary N) is 1. The van der Waals surface area contributed by atoms with Gasteiger partial charge in [0.25, 0.3) is 0 Å². The third-order valence-corrected chi connectivity index (χ3v) is 2.91. The van der Waals surface area contributed by atoms with Crippen LogP contribution in [0.2, 0.25) is 0 Å². The van der Waals surface area contributed by atoms with Gasteiger partial charge in [-0.05, 0) is 23.4 Å². The van der Waals surface area contributed by atoms with Crippen LogP contribution in [0.25, 0.3) is 0 Å². The van der Waals surface area contributed by atoms with Crippen LogP contribution in [-0.2, 0) is 4.79 Å². The Labute approximate surface area is 93.7 Å². The Morgan fingerprint density at radius 3 is 2.53 bits per heavy atom. The van der Waals surface area contributed by atoms with Crippen LogP contribution >= 0.6 is 11.8 Å². The molecule has 0 aliphatic rings. The third-order valence-electron chi connectivity index (χ3n) is 2.01. The molecule has 0 saturated carbocycles. The van der Waals surface area contributed by atoms with E-state index in [4.69, 9.17) is 10.8 Å². The summed E-state index contributed by atoms with van der Waals surface area (Å²) in [6.07, 6.45) is -0.0275. The highest BCUT2D eigenvalue weighted by molar-refractivity contribution is 7.99. The van der Waals surface area contributed by atoms with Crippen LogP contribution in [0.15, 0.2) is 29.2 Å². The summed E-state index contributed by atoms with van der Waals surface area (Å²) in [6, 6.07) is 7.33. The number of hydrogen-bond donors (Lipinski definition) is 2. The van der Waals surface area contributed by atoms with Gasteiger partial charge in [-0.3, -0.25) is 4.79 Å². The number of carboxylic acid groups (broad SMARTS) is 1. The van der Waals surface area contributed by atoms with E-state index in [9.17, 15) is 4.79 Å². The van der Waals surface area contributed by atoms with Crippen molar-refractivity contribution in [3.8, 4) is 0 Å². The maximum atomic E-state index is 10.5. The summed E-state index contributed by atoms with van der Waals surface area (Å²) >= 11 is 1.75. The maximum absolute atomic E-state index is 10.5. The second-order valence-electron chi connectivity index (χ2n) is 3.21. The Morgan fingerprint density at radius 2 is 2.07 bits per heavy atom. The van der Waals surface area contributed by atoms with Crippen molar-refractivity contribution < 1.29 is 9.90 Å². The summed E-state index contributed by atoms with van der Waals surface area (Å²) < 4.78 is 0. The monoisotopic (exact) mass is 225 g/mol. The van der Waals surface area contributed by atoms with Crippen LogP contribution in [-0.4, -0.2) is 16.8 Å². The summed E-state index contributed by atoms with van der Waals surface area (Å²) in [4.78, 5) is 11.7. The highest BCUT2D eigenvalue weighted by atomic mass is 32.2. The lowest BCUT2D eigenvalue weighted by molar-refractivity contribution is -0.137. The number of carboxylic acids is 1. The number of aliphatic carboxylic acids is 1. The van der Waals surface area contributed by atoms with Crippen molar-refractivity contribution in [3.63, 3.8) is 0 Å². The molecule has 0 aliphatic carbocycles. The number of carbonyl (C=O) groups is 1. The zero-order valence-corrected chi connectivity index (χ0v) is 9.46. The van der Waals surface area contributed by atoms with Gasteiger partial charge in [-0.1, -0.05) is 19.1 Å². The zero-order valence-electron chi connectivity index (χ0n) is 8.64. The molecular weight excluding hydrogens is 210 g/mol. The van der Waals surface area contributed by atoms with Gasteiger partial charge in [-0.2, -0.15) is 0 Å². The SMILES string of the molecule is CCSc1ccc(C(N)CC(=O)O)cc1. The van der Waals surface area contributed by atoms with E-state index in [1.165, 1.54) is 4.90 Å². The minimum absolute atomic E-state index is 0.0275. The van der Waals surface area contributed by atoms with E-state index in [1.807, 2.05) is 24.3 Å². The van der Waals surface area contributed by atoms with E-state index >= 15 is 0 Å². The average Bonchev–Trinajstić information content (AvgIpc) is 2.18. The van der Waals surface area contributed by atoms with Crippen LogP contribution in [0.5, 0.6) is 0 Å². The summed E-state index contributed by atoms with van der Waals surface area (Å²) in [5, 5.41) is 8.60. The molecule has 0 fully saturated rings. The van der Waals surface area contributed by atoms with E-state index in [2.05, 4.69) is 6.92 Å². The number of thioether (sulfide) groups is 1. The van der Waals surface area contributed by atoms with Crippen molar-refractivity contribution in [1.29, 1.82) is 0 Å². The standard InChI is InChI=1S/C11H15NO2S/c1-2-15-9-5-3-8(4-6-9)10(12)7-11(13)14/h3-6,10H,2,7,12H2,1H3,(H,13,14). The molecule has 0 amide bonds. The van der Waals surface area contributed by atoms with Crippen LogP contribution in [0, 0.1) is 0 Å². The number of rotatable bonds is 5. The molecule has 3 nitrogen and oxygen atoms in total. The molecule has 3 N–H and O–H groups in total. The van der Waals surface area contributed by atoms with Crippen molar-refractivity contribution in [1.82, 2.24) is 0 Å². The molecule has 1 aromatic rings. The second-order valence-corrected chi connectivity index (χ2v) is 4.54. The average molecular weight is 225 g/mol. The van der Waals surface area contributed by atoms with Crippen molar-refractivity contribution in [2.75, 3.05) is 5.75 Å². The first-order valence-corrected chi connectivity index (χ1v) is 5.82. The molecule has 0 radical (unpaired) electrons. The molecule has 1 unspecified atom stereocenters. The fourth-order valence-electron chi connectivity index (χ4n) is 1.28. The third kappa shape index (κ3) is 3.93. The first kappa shape index (κ1) is 12.1. The van der Waals surface area contributed by atoms with Gasteiger partial charge in [0.15, 0.2) is 0 Å². The van der Waals surface area contributed by atoms with Gasteiger partial charge in [0.2, 0.25) is 0 Å². The molecule has 1 atom stereocenters. The smallest absolute Gasteiger partial charge is 0.305 e. The molecule has 0 saturated heterocycles. The molecule has 1 rings (SSSR count). The Morgan fingerprint density at radius 1 is 1.47 bits per heavy atom. The summed E-state index contributed by atoms with van der Waals surface area (Å²) in [6.45, 7) is 2.09. The highest BCUT2D eigenvalue weighted by Gasteiger charge is 2.09. The molecule has 1 aromatic carbocycles. The van der Waals surface area contributed by atoms with Crippen molar-refractivity contribution in [2.24, 2.45) is 5.73 Å². The molecule has 0 bridgehead atoms. The molecule has 15 heavy (non-hydrogen) atoms. The van der Waals surface area contributed by atoms with Gasteiger partial charge in [-0.25, -0.2) is 0 Å². The molecule has 4 heteroatoms. The molecule has 0 spiro atoms. The Bertz CT molecular complexity index is 324. The first-order valence-electron chi connectivity index (χ1n) is 4.83. The lowest BCUT2D eigenvalue weighted by Gasteiger charge is -2.09. The predicted molar refractivity (Wildman–Crippen MR) is 62.0 cm³/mol. The van der Waals surface area contributed by atoms with Crippen LogP contribution in [0.4, 0.5) is 0 Å². The summed E-state index contributed by atoms with van der Waals surface area (Å²) in [5.74, 6) is 0.162. The predicted octanol–water partition coefficient (Wildman–Crippen LogP) is 2.27. The lowest BCUT2D eigenvalue weighted by Crippen LogP contribution is -2.14. The maximum Gasteiger partial charge on any atom is 0.305 e. The molecule has 0 heterocycles. The quantitative estimate of drug-likeness (QED) is 0.755. The molecule has 0 aromatic heterocycles. The fourth-order valence-corrected chi connectivity index (χ4v) is 1.95. The van der Waals surface area contributed by atoms with Gasteiger partial charge in [0.1, 0.15) is 0 Å². The Balaban J connectivity index is 2.66. The first-order chi connectivity index (χ1) is 7.13. The van der Waals surface area contributed by atoms with E-state index in [-0.39, 0.29) is 6.42 Å². The number of benzene rings is 1. The van der Waals surface area contributed by atoms with Gasteiger partial charge < -0.3 is 10.8 Å². The van der Waals surface area contributed by atoms with Crippen LogP contribution in [0.1, 0.15) is 24.9 Å². The minimum atomic E-state index is -0.866. The topological polar surface area (TPSA) is 63.3 Å². The molecular formula is C11H15NO2S. The van der Waals surface area contributed by atoms with E-state index in [0.29, 0.717) is 0 Å². The van der Waals surface area contributed by atoms with E-state index in [1.54, 1.807) is 11.8 Å². The normalized spacial score (nSPS) is 12.4. The molecule has 0 aliphatic heterocycles. The van der Waals surface area contributed by atoms with Crippen LogP contribution in [0.3, 0.4) is 0 Å². The van der Waals surface area contributed by atoms with Crippen molar-refractivity contribution in [3.05, 3.63) is 29.8 Å². The fraction of sp³-hybridized carbons (Fsp3) is 0.364. The minimum Gasteiger partial charge on any atom is -0.481 e.